The van der Waals surface area contributed by atoms with Crippen LogP contribution in [0.25, 0.3) is 0 Å². The van der Waals surface area contributed by atoms with Crippen molar-refractivity contribution in [3.05, 3.63) is 60.7 Å². The molecular weight excluding hydrogens is 526 g/mol. The Labute approximate surface area is 239 Å². The number of carbonyl (C=O) groups excluding carboxylic acids is 2. The normalized spacial score (nSPS) is 23.7. The van der Waals surface area contributed by atoms with Crippen LogP contribution in [0.2, 0.25) is 5.04 Å². The first kappa shape index (κ1) is 32.0. The van der Waals surface area contributed by atoms with E-state index >= 15 is 0 Å². The van der Waals surface area contributed by atoms with Crippen LogP contribution >= 0.6 is 0 Å². The van der Waals surface area contributed by atoms with Gasteiger partial charge in [0.2, 0.25) is 0 Å². The van der Waals surface area contributed by atoms with E-state index < -0.39 is 37.1 Å². The van der Waals surface area contributed by atoms with Crippen LogP contribution in [0.5, 0.6) is 0 Å². The maximum Gasteiger partial charge on any atom is 0.411 e. The molecule has 1 N–H and O–H groups in total. The topological polar surface area (TPSA) is 94.5 Å². The molecule has 2 aromatic rings. The van der Waals surface area contributed by atoms with Gasteiger partial charge in [-0.1, -0.05) is 88.4 Å². The third kappa shape index (κ3) is 5.89. The summed E-state index contributed by atoms with van der Waals surface area (Å²) in [5.74, 6) is -0.605. The van der Waals surface area contributed by atoms with Crippen LogP contribution < -0.4 is 10.4 Å². The molecule has 1 fully saturated rings. The molecule has 0 unspecified atom stereocenters. The van der Waals surface area contributed by atoms with Crippen molar-refractivity contribution in [1.82, 2.24) is 4.90 Å². The van der Waals surface area contributed by atoms with Gasteiger partial charge in [0, 0.05) is 19.6 Å². The molecule has 1 heterocycles. The van der Waals surface area contributed by atoms with Crippen molar-refractivity contribution < 1.29 is 33.3 Å². The Bertz CT molecular complexity index is 1090. The molecule has 9 heteroatoms. The molecule has 8 nitrogen and oxygen atoms in total. The molecule has 1 aliphatic rings. The predicted molar refractivity (Wildman–Crippen MR) is 157 cm³/mol. The highest BCUT2D eigenvalue weighted by Gasteiger charge is 2.66. The molecule has 0 aromatic heterocycles. The largest absolute Gasteiger partial charge is 0.444 e. The summed E-state index contributed by atoms with van der Waals surface area (Å²) < 4.78 is 23.9. The lowest BCUT2D eigenvalue weighted by molar-refractivity contribution is -0.159. The first-order valence-electron chi connectivity index (χ1n) is 13.7. The Kier molecular flexibility index (Phi) is 9.69. The molecule has 1 aliphatic heterocycles. The second-order valence-electron chi connectivity index (χ2n) is 12.7. The van der Waals surface area contributed by atoms with Crippen LogP contribution in [0.4, 0.5) is 4.79 Å². The highest BCUT2D eigenvalue weighted by Crippen LogP contribution is 2.45. The molecule has 220 valence electrons. The van der Waals surface area contributed by atoms with Gasteiger partial charge >= 0.3 is 6.09 Å². The molecule has 0 aliphatic carbocycles. The van der Waals surface area contributed by atoms with Crippen LogP contribution in [-0.2, 0) is 23.4 Å². The molecule has 3 atom stereocenters. The maximum absolute atomic E-state index is 13.7. The number of nitrogens with zero attached hydrogens (tertiary/aromatic N) is 1. The summed E-state index contributed by atoms with van der Waals surface area (Å²) in [7, 11) is -1.63. The second kappa shape index (κ2) is 12.1. The Morgan fingerprint density at radius 3 is 1.95 bits per heavy atom. The lowest BCUT2D eigenvalue weighted by atomic mass is 9.77. The van der Waals surface area contributed by atoms with Crippen molar-refractivity contribution in [1.29, 1.82) is 0 Å². The molecule has 0 spiro atoms. The van der Waals surface area contributed by atoms with Crippen molar-refractivity contribution in [2.24, 2.45) is 5.92 Å². The van der Waals surface area contributed by atoms with E-state index in [1.165, 1.54) is 12.0 Å². The van der Waals surface area contributed by atoms with Gasteiger partial charge < -0.3 is 28.5 Å². The monoisotopic (exact) mass is 571 g/mol. The number of carbonyl (C=O) groups is 2. The number of methoxy groups -OCH3 is 1. The van der Waals surface area contributed by atoms with Crippen LogP contribution in [0.3, 0.4) is 0 Å². The molecule has 1 saturated heterocycles. The highest BCUT2D eigenvalue weighted by molar-refractivity contribution is 6.99. The first-order chi connectivity index (χ1) is 18.7. The standard InChI is InChI=1S/C31H45NO7Si/c1-24-19-32(27(34)39-28(2,3)4)30(21-37-23-36-8,31(24,35)20-33)22-38-40(29(5,6)7,25-15-11-9-12-16-25)26-17-13-10-14-18-26/h9-18,20,24,35H,19,21-23H2,1-8H3/t24-,30-,31-/m0/s1. The van der Waals surface area contributed by atoms with E-state index in [0.29, 0.717) is 6.29 Å². The summed E-state index contributed by atoms with van der Waals surface area (Å²) in [5.41, 5.74) is -4.34. The van der Waals surface area contributed by atoms with Gasteiger partial charge in [-0.25, -0.2) is 4.79 Å². The zero-order chi connectivity index (χ0) is 29.8. The minimum atomic E-state index is -3.11. The van der Waals surface area contributed by atoms with E-state index in [-0.39, 0.29) is 31.6 Å². The van der Waals surface area contributed by atoms with Crippen LogP contribution in [0.1, 0.15) is 48.5 Å². The predicted octanol–water partition coefficient (Wildman–Crippen LogP) is 3.74. The third-order valence-corrected chi connectivity index (χ3v) is 12.7. The molecule has 40 heavy (non-hydrogen) atoms. The minimum absolute atomic E-state index is 0.0879. The zero-order valence-corrected chi connectivity index (χ0v) is 26.1. The molecule has 0 radical (unpaired) electrons. The van der Waals surface area contributed by atoms with E-state index in [0.717, 1.165) is 10.4 Å². The number of likely N-dealkylation sites (tertiary alicyclic amines) is 1. The number of ether oxygens (including phenoxy) is 3. The fourth-order valence-electron chi connectivity index (χ4n) is 5.77. The van der Waals surface area contributed by atoms with E-state index in [9.17, 15) is 14.7 Å². The van der Waals surface area contributed by atoms with Gasteiger partial charge in [-0.3, -0.25) is 4.90 Å². The van der Waals surface area contributed by atoms with E-state index in [4.69, 9.17) is 18.6 Å². The molecule has 2 aromatic carbocycles. The van der Waals surface area contributed by atoms with Crippen molar-refractivity contribution in [2.75, 3.05) is 33.7 Å². The Morgan fingerprint density at radius 1 is 1.00 bits per heavy atom. The van der Waals surface area contributed by atoms with Crippen LogP contribution in [0.15, 0.2) is 60.7 Å². The van der Waals surface area contributed by atoms with Gasteiger partial charge in [0.15, 0.2) is 11.9 Å². The van der Waals surface area contributed by atoms with E-state index in [2.05, 4.69) is 45.0 Å². The van der Waals surface area contributed by atoms with Crippen molar-refractivity contribution in [3.63, 3.8) is 0 Å². The fraction of sp³-hybridized carbons (Fsp3) is 0.548. The van der Waals surface area contributed by atoms with Gasteiger partial charge in [0.1, 0.15) is 17.9 Å². The summed E-state index contributed by atoms with van der Waals surface area (Å²) in [5, 5.41) is 13.7. The Hall–Kier alpha value is -2.56. The Balaban J connectivity index is 2.24. The Morgan fingerprint density at radius 2 is 1.52 bits per heavy atom. The summed E-state index contributed by atoms with van der Waals surface area (Å²) in [6.45, 7) is 13.1. The van der Waals surface area contributed by atoms with Gasteiger partial charge in [-0.05, 0) is 36.2 Å². The van der Waals surface area contributed by atoms with E-state index in [1.807, 2.05) is 36.4 Å². The SMILES string of the molecule is COCOC[C@@]1(CO[Si](c2ccccc2)(c2ccccc2)C(C)(C)C)N(C(=O)OC(C)(C)C)C[C@H](C)[C@@]1(O)C=O. The average molecular weight is 572 g/mol. The molecular formula is C31H45NO7Si. The second-order valence-corrected chi connectivity index (χ2v) is 17.0. The number of rotatable bonds is 10. The number of hydrogen-bond acceptors (Lipinski definition) is 7. The van der Waals surface area contributed by atoms with Gasteiger partial charge in [-0.15, -0.1) is 0 Å². The van der Waals surface area contributed by atoms with Gasteiger partial charge in [0.05, 0.1) is 13.2 Å². The molecule has 0 bridgehead atoms. The molecule has 3 rings (SSSR count). The smallest absolute Gasteiger partial charge is 0.411 e. The van der Waals surface area contributed by atoms with Crippen LogP contribution in [-0.4, -0.2) is 81.1 Å². The molecule has 1 amide bonds. The summed E-state index contributed by atoms with van der Waals surface area (Å²) >= 11 is 0. The quantitative estimate of drug-likeness (QED) is 0.201. The van der Waals surface area contributed by atoms with Crippen LogP contribution in [0, 0.1) is 5.92 Å². The minimum Gasteiger partial charge on any atom is -0.444 e. The third-order valence-electron chi connectivity index (χ3n) is 7.75. The van der Waals surface area contributed by atoms with Gasteiger partial charge in [-0.2, -0.15) is 0 Å². The van der Waals surface area contributed by atoms with Crippen molar-refractivity contribution >= 4 is 31.1 Å². The zero-order valence-electron chi connectivity index (χ0n) is 25.1. The number of benzene rings is 2. The number of aliphatic hydroxyl groups is 1. The van der Waals surface area contributed by atoms with Gasteiger partial charge in [0.25, 0.3) is 8.32 Å². The molecule has 0 saturated carbocycles. The lowest BCUT2D eigenvalue weighted by Crippen LogP contribution is -2.72. The highest BCUT2D eigenvalue weighted by atomic mass is 28.4. The number of aldehydes is 1. The van der Waals surface area contributed by atoms with Crippen molar-refractivity contribution in [3.8, 4) is 0 Å². The summed E-state index contributed by atoms with van der Waals surface area (Å²) in [6.07, 6.45) is -0.128. The summed E-state index contributed by atoms with van der Waals surface area (Å²) in [4.78, 5) is 27.8. The summed E-state index contributed by atoms with van der Waals surface area (Å²) in [6, 6.07) is 20.1. The lowest BCUT2D eigenvalue weighted by Gasteiger charge is -2.49. The maximum atomic E-state index is 13.7. The fourth-order valence-corrected chi connectivity index (χ4v) is 10.4. The average Bonchev–Trinajstić information content (AvgIpc) is 3.11. The number of hydrogen-bond donors (Lipinski definition) is 1. The number of amides is 1. The van der Waals surface area contributed by atoms with E-state index in [1.54, 1.807) is 27.7 Å². The first-order valence-corrected chi connectivity index (χ1v) is 15.6. The van der Waals surface area contributed by atoms with Crippen molar-refractivity contribution in [2.45, 2.75) is 70.2 Å².